The van der Waals surface area contributed by atoms with Crippen LogP contribution in [0.3, 0.4) is 0 Å². The first-order valence-electron chi connectivity index (χ1n) is 7.19. The molecular weight excluding hydrogens is 293 g/mol. The molecule has 1 aromatic heterocycles. The van der Waals surface area contributed by atoms with Crippen LogP contribution in [0.5, 0.6) is 0 Å². The Morgan fingerprint density at radius 1 is 1.48 bits per heavy atom. The average Bonchev–Trinajstić information content (AvgIpc) is 2.97. The zero-order valence-corrected chi connectivity index (χ0v) is 12.5. The van der Waals surface area contributed by atoms with Gasteiger partial charge in [-0.05, 0) is 43.5 Å². The predicted molar refractivity (Wildman–Crippen MR) is 78.5 cm³/mol. The van der Waals surface area contributed by atoms with Crippen LogP contribution in [0.4, 0.5) is 4.39 Å². The van der Waals surface area contributed by atoms with Crippen molar-refractivity contribution in [3.63, 3.8) is 0 Å². The first kappa shape index (κ1) is 14.5. The lowest BCUT2D eigenvalue weighted by molar-refractivity contribution is 0.246. The summed E-state index contributed by atoms with van der Waals surface area (Å²) in [6, 6.07) is 4.24. The van der Waals surface area contributed by atoms with Gasteiger partial charge in [0.05, 0.1) is 11.1 Å². The molecular formula is C15H17ClFN3O. The number of halogens is 2. The second-order valence-corrected chi connectivity index (χ2v) is 5.79. The molecule has 2 unspecified atom stereocenters. The second-order valence-electron chi connectivity index (χ2n) is 5.39. The molecule has 112 valence electrons. The van der Waals surface area contributed by atoms with Crippen LogP contribution in [-0.2, 0) is 0 Å². The molecule has 2 atom stereocenters. The van der Waals surface area contributed by atoms with Crippen molar-refractivity contribution in [1.29, 1.82) is 0 Å². The van der Waals surface area contributed by atoms with E-state index in [1.165, 1.54) is 18.6 Å². The lowest BCUT2D eigenvalue weighted by atomic mass is 9.90. The fraction of sp³-hybridized carbons (Fsp3) is 0.467. The van der Waals surface area contributed by atoms with Crippen molar-refractivity contribution in [2.24, 2.45) is 5.92 Å². The van der Waals surface area contributed by atoms with E-state index in [-0.39, 0.29) is 16.9 Å². The molecule has 0 amide bonds. The third-order valence-corrected chi connectivity index (χ3v) is 4.31. The van der Waals surface area contributed by atoms with Crippen LogP contribution in [0.15, 0.2) is 22.7 Å². The van der Waals surface area contributed by atoms with Crippen LogP contribution in [-0.4, -0.2) is 16.7 Å². The van der Waals surface area contributed by atoms with Crippen molar-refractivity contribution in [2.75, 3.05) is 6.54 Å². The van der Waals surface area contributed by atoms with E-state index in [0.29, 0.717) is 23.2 Å². The Morgan fingerprint density at radius 2 is 2.33 bits per heavy atom. The van der Waals surface area contributed by atoms with E-state index in [1.807, 2.05) is 0 Å². The van der Waals surface area contributed by atoms with Crippen LogP contribution in [0.1, 0.15) is 38.1 Å². The summed E-state index contributed by atoms with van der Waals surface area (Å²) in [5, 5.41) is 7.65. The number of piperidine rings is 1. The maximum Gasteiger partial charge on any atom is 0.244 e. The molecule has 2 aromatic rings. The van der Waals surface area contributed by atoms with Gasteiger partial charge >= 0.3 is 0 Å². The van der Waals surface area contributed by atoms with Gasteiger partial charge in [0.2, 0.25) is 11.7 Å². The molecule has 21 heavy (non-hydrogen) atoms. The van der Waals surface area contributed by atoms with Crippen LogP contribution < -0.4 is 5.32 Å². The minimum Gasteiger partial charge on any atom is -0.337 e. The zero-order valence-electron chi connectivity index (χ0n) is 11.8. The SMILES string of the molecule is CCC1CCNC(c2nc(-c3ccc(F)cc3Cl)no2)C1. The maximum atomic E-state index is 13.1. The molecule has 1 saturated heterocycles. The smallest absolute Gasteiger partial charge is 0.244 e. The van der Waals surface area contributed by atoms with Gasteiger partial charge in [-0.15, -0.1) is 0 Å². The third kappa shape index (κ3) is 3.09. The lowest BCUT2D eigenvalue weighted by Crippen LogP contribution is -2.31. The highest BCUT2D eigenvalue weighted by atomic mass is 35.5. The molecule has 1 N–H and O–H groups in total. The summed E-state index contributed by atoms with van der Waals surface area (Å²) < 4.78 is 18.4. The zero-order chi connectivity index (χ0) is 14.8. The first-order valence-corrected chi connectivity index (χ1v) is 7.57. The van der Waals surface area contributed by atoms with E-state index < -0.39 is 0 Å². The van der Waals surface area contributed by atoms with Gasteiger partial charge in [-0.25, -0.2) is 4.39 Å². The van der Waals surface area contributed by atoms with Crippen LogP contribution in [0, 0.1) is 11.7 Å². The summed E-state index contributed by atoms with van der Waals surface area (Å²) >= 11 is 6.03. The number of hydrogen-bond acceptors (Lipinski definition) is 4. The Hall–Kier alpha value is -1.46. The molecule has 1 aliphatic rings. The predicted octanol–water partition coefficient (Wildman–Crippen LogP) is 3.98. The Bertz CT molecular complexity index is 631. The number of nitrogens with one attached hydrogen (secondary N) is 1. The first-order chi connectivity index (χ1) is 10.2. The highest BCUT2D eigenvalue weighted by molar-refractivity contribution is 6.33. The molecule has 1 fully saturated rings. The van der Waals surface area contributed by atoms with Gasteiger partial charge in [-0.3, -0.25) is 0 Å². The maximum absolute atomic E-state index is 13.1. The van der Waals surface area contributed by atoms with Crippen LogP contribution in [0.25, 0.3) is 11.4 Å². The van der Waals surface area contributed by atoms with E-state index >= 15 is 0 Å². The molecule has 4 nitrogen and oxygen atoms in total. The largest absolute Gasteiger partial charge is 0.337 e. The normalized spacial score (nSPS) is 22.4. The molecule has 2 heterocycles. The number of nitrogens with zero attached hydrogens (tertiary/aromatic N) is 2. The summed E-state index contributed by atoms with van der Waals surface area (Å²) in [7, 11) is 0. The molecule has 1 aromatic carbocycles. The summed E-state index contributed by atoms with van der Waals surface area (Å²) in [6.07, 6.45) is 3.33. The molecule has 0 spiro atoms. The summed E-state index contributed by atoms with van der Waals surface area (Å²) in [6.45, 7) is 3.16. The van der Waals surface area contributed by atoms with Gasteiger partial charge in [-0.1, -0.05) is 30.1 Å². The Labute approximate surface area is 127 Å². The standard InChI is InChI=1S/C15H17ClFN3O/c1-2-9-5-6-18-13(7-9)15-19-14(20-21-15)11-4-3-10(17)8-12(11)16/h3-4,8-9,13,18H,2,5-7H2,1H3. The van der Waals surface area contributed by atoms with Crippen molar-refractivity contribution in [3.05, 3.63) is 34.9 Å². The lowest BCUT2D eigenvalue weighted by Gasteiger charge is -2.27. The van der Waals surface area contributed by atoms with Gasteiger partial charge in [0, 0.05) is 5.56 Å². The summed E-state index contributed by atoms with van der Waals surface area (Å²) in [4.78, 5) is 4.42. The van der Waals surface area contributed by atoms with E-state index in [2.05, 4.69) is 22.4 Å². The second kappa shape index (κ2) is 6.12. The number of aromatic nitrogens is 2. The Balaban J connectivity index is 1.83. The molecule has 0 saturated carbocycles. The molecule has 0 bridgehead atoms. The Kier molecular flexibility index (Phi) is 4.22. The van der Waals surface area contributed by atoms with Crippen LogP contribution >= 0.6 is 11.6 Å². The van der Waals surface area contributed by atoms with Crippen molar-refractivity contribution >= 4 is 11.6 Å². The van der Waals surface area contributed by atoms with Crippen molar-refractivity contribution in [1.82, 2.24) is 15.5 Å². The molecule has 1 aliphatic heterocycles. The average molecular weight is 310 g/mol. The van der Waals surface area contributed by atoms with E-state index in [4.69, 9.17) is 16.1 Å². The fourth-order valence-corrected chi connectivity index (χ4v) is 2.96. The molecule has 6 heteroatoms. The van der Waals surface area contributed by atoms with Gasteiger partial charge in [0.25, 0.3) is 0 Å². The van der Waals surface area contributed by atoms with Gasteiger partial charge in [-0.2, -0.15) is 4.98 Å². The highest BCUT2D eigenvalue weighted by Gasteiger charge is 2.26. The highest BCUT2D eigenvalue weighted by Crippen LogP contribution is 2.31. The van der Waals surface area contributed by atoms with E-state index in [0.717, 1.165) is 19.4 Å². The van der Waals surface area contributed by atoms with E-state index in [1.54, 1.807) is 6.07 Å². The molecule has 0 aliphatic carbocycles. The van der Waals surface area contributed by atoms with E-state index in [9.17, 15) is 4.39 Å². The quantitative estimate of drug-likeness (QED) is 0.931. The van der Waals surface area contributed by atoms with Crippen molar-refractivity contribution < 1.29 is 8.91 Å². The summed E-state index contributed by atoms with van der Waals surface area (Å²) in [5.74, 6) is 1.27. The third-order valence-electron chi connectivity index (χ3n) is 4.00. The molecule has 3 rings (SSSR count). The fourth-order valence-electron chi connectivity index (χ4n) is 2.71. The van der Waals surface area contributed by atoms with Gasteiger partial charge in [0.1, 0.15) is 5.82 Å². The van der Waals surface area contributed by atoms with Gasteiger partial charge < -0.3 is 9.84 Å². The number of benzene rings is 1. The van der Waals surface area contributed by atoms with Crippen LogP contribution in [0.2, 0.25) is 5.02 Å². The number of rotatable bonds is 3. The number of hydrogen-bond donors (Lipinski definition) is 1. The topological polar surface area (TPSA) is 51.0 Å². The van der Waals surface area contributed by atoms with Crippen molar-refractivity contribution in [3.8, 4) is 11.4 Å². The molecule has 0 radical (unpaired) electrons. The van der Waals surface area contributed by atoms with Gasteiger partial charge in [0.15, 0.2) is 0 Å². The summed E-state index contributed by atoms with van der Waals surface area (Å²) in [5.41, 5.74) is 0.580. The van der Waals surface area contributed by atoms with Crippen molar-refractivity contribution in [2.45, 2.75) is 32.2 Å². The monoisotopic (exact) mass is 309 g/mol. The minimum absolute atomic E-state index is 0.0872. The minimum atomic E-state index is -0.382. The Morgan fingerprint density at radius 3 is 3.10 bits per heavy atom.